The van der Waals surface area contributed by atoms with Crippen LogP contribution in [0.5, 0.6) is 11.5 Å². The number of benzene rings is 2. The number of amides is 1. The first-order valence-electron chi connectivity index (χ1n) is 11.0. The van der Waals surface area contributed by atoms with E-state index in [0.717, 1.165) is 23.5 Å². The Kier molecular flexibility index (Phi) is 5.72. The summed E-state index contributed by atoms with van der Waals surface area (Å²) in [5, 5.41) is 0.623. The lowest BCUT2D eigenvalue weighted by Gasteiger charge is -2.30. The standard InChI is InChI=1S/C26H25N3O3S/c1-4-12-29-25(30)24(21-10-7-18-15-17(3)6-9-20(18)28(21)5-2)33-26(29)27-19-8-11-22-23(16-19)32-14-13-31-22/h4,6-11,15-16H,1,5,12-14H2,2-3H3/b24-21-,27-26?. The van der Waals surface area contributed by atoms with Gasteiger partial charge in [0.15, 0.2) is 16.7 Å². The van der Waals surface area contributed by atoms with Gasteiger partial charge in [0.05, 0.1) is 11.4 Å². The number of carbonyl (C=O) groups is 1. The van der Waals surface area contributed by atoms with Gasteiger partial charge in [0, 0.05) is 24.8 Å². The van der Waals surface area contributed by atoms with E-state index in [4.69, 9.17) is 14.5 Å². The van der Waals surface area contributed by atoms with Gasteiger partial charge in [0.2, 0.25) is 0 Å². The Balaban J connectivity index is 1.54. The second kappa shape index (κ2) is 8.83. The Labute approximate surface area is 197 Å². The highest BCUT2D eigenvalue weighted by Crippen LogP contribution is 2.41. The van der Waals surface area contributed by atoms with Crippen LogP contribution in [0.1, 0.15) is 18.1 Å². The van der Waals surface area contributed by atoms with E-state index in [1.165, 1.54) is 17.3 Å². The fraction of sp³-hybridized carbons (Fsp3) is 0.231. The van der Waals surface area contributed by atoms with Crippen LogP contribution in [0.25, 0.3) is 6.08 Å². The fourth-order valence-corrected chi connectivity index (χ4v) is 5.21. The number of fused-ring (bicyclic) bond motifs is 2. The molecule has 0 radical (unpaired) electrons. The third-order valence-electron chi connectivity index (χ3n) is 5.66. The van der Waals surface area contributed by atoms with Crippen LogP contribution in [0, 0.1) is 6.92 Å². The lowest BCUT2D eigenvalue weighted by atomic mass is 10.0. The maximum absolute atomic E-state index is 13.5. The smallest absolute Gasteiger partial charge is 0.269 e. The number of carbonyl (C=O) groups excluding carboxylic acids is 1. The molecule has 0 N–H and O–H groups in total. The van der Waals surface area contributed by atoms with Gasteiger partial charge in [-0.25, -0.2) is 4.99 Å². The summed E-state index contributed by atoms with van der Waals surface area (Å²) in [6, 6.07) is 12.0. The van der Waals surface area contributed by atoms with Crippen LogP contribution in [-0.2, 0) is 4.79 Å². The molecule has 0 atom stereocenters. The van der Waals surface area contributed by atoms with E-state index in [1.807, 2.05) is 24.3 Å². The van der Waals surface area contributed by atoms with Crippen LogP contribution in [0.4, 0.5) is 11.4 Å². The number of ether oxygens (including phenoxy) is 2. The Morgan fingerprint density at radius 1 is 1.09 bits per heavy atom. The van der Waals surface area contributed by atoms with Gasteiger partial charge < -0.3 is 14.4 Å². The monoisotopic (exact) mass is 459 g/mol. The van der Waals surface area contributed by atoms with Crippen molar-refractivity contribution < 1.29 is 14.3 Å². The summed E-state index contributed by atoms with van der Waals surface area (Å²) < 4.78 is 11.3. The van der Waals surface area contributed by atoms with E-state index in [2.05, 4.69) is 49.6 Å². The van der Waals surface area contributed by atoms with Gasteiger partial charge in [0.1, 0.15) is 18.1 Å². The lowest BCUT2D eigenvalue weighted by molar-refractivity contribution is -0.121. The van der Waals surface area contributed by atoms with Crippen molar-refractivity contribution in [3.63, 3.8) is 0 Å². The van der Waals surface area contributed by atoms with Crippen LogP contribution in [0.2, 0.25) is 0 Å². The summed E-state index contributed by atoms with van der Waals surface area (Å²) in [6.07, 6.45) is 5.83. The molecule has 0 aliphatic carbocycles. The molecule has 1 saturated heterocycles. The minimum absolute atomic E-state index is 0.0649. The summed E-state index contributed by atoms with van der Waals surface area (Å²) in [4.78, 5) is 22.8. The first-order valence-corrected chi connectivity index (χ1v) is 11.8. The van der Waals surface area contributed by atoms with Gasteiger partial charge >= 0.3 is 0 Å². The van der Waals surface area contributed by atoms with Crippen molar-refractivity contribution >= 4 is 40.3 Å². The van der Waals surface area contributed by atoms with Gasteiger partial charge in [0.25, 0.3) is 5.91 Å². The van der Waals surface area contributed by atoms with Crippen molar-refractivity contribution in [1.82, 2.24) is 4.90 Å². The van der Waals surface area contributed by atoms with Crippen molar-refractivity contribution in [3.05, 3.63) is 76.9 Å². The Bertz CT molecular complexity index is 1230. The molecule has 0 aromatic heterocycles. The minimum Gasteiger partial charge on any atom is -0.486 e. The summed E-state index contributed by atoms with van der Waals surface area (Å²) >= 11 is 1.40. The predicted octanol–water partition coefficient (Wildman–Crippen LogP) is 5.28. The zero-order chi connectivity index (χ0) is 22.9. The highest BCUT2D eigenvalue weighted by atomic mass is 32.2. The second-order valence-corrected chi connectivity index (χ2v) is 8.86. The number of hydrogen-bond acceptors (Lipinski definition) is 6. The van der Waals surface area contributed by atoms with Crippen molar-refractivity contribution in [1.29, 1.82) is 0 Å². The number of rotatable bonds is 4. The predicted molar refractivity (Wildman–Crippen MR) is 134 cm³/mol. The number of amidine groups is 1. The average molecular weight is 460 g/mol. The Morgan fingerprint density at radius 3 is 2.70 bits per heavy atom. The minimum atomic E-state index is -0.0649. The van der Waals surface area contributed by atoms with Gasteiger partial charge in [-0.3, -0.25) is 9.69 Å². The second-order valence-electron chi connectivity index (χ2n) is 7.88. The third-order valence-corrected chi connectivity index (χ3v) is 6.74. The molecule has 3 heterocycles. The van der Waals surface area contributed by atoms with E-state index in [1.54, 1.807) is 11.0 Å². The Hall–Kier alpha value is -3.45. The zero-order valence-electron chi connectivity index (χ0n) is 18.7. The van der Waals surface area contributed by atoms with Gasteiger partial charge in [-0.05, 0) is 61.5 Å². The number of nitrogens with zero attached hydrogens (tertiary/aromatic N) is 3. The largest absolute Gasteiger partial charge is 0.486 e. The van der Waals surface area contributed by atoms with Crippen molar-refractivity contribution in [2.24, 2.45) is 4.99 Å². The number of thioether (sulfide) groups is 1. The molecule has 3 aliphatic rings. The number of anilines is 1. The van der Waals surface area contributed by atoms with E-state index >= 15 is 0 Å². The number of aryl methyl sites for hydroxylation is 1. The molecule has 0 saturated carbocycles. The summed E-state index contributed by atoms with van der Waals surface area (Å²) in [5.41, 5.74) is 5.08. The molecule has 2 aromatic carbocycles. The van der Waals surface area contributed by atoms with Crippen LogP contribution >= 0.6 is 11.8 Å². The number of hydrogen-bond donors (Lipinski definition) is 0. The molecule has 168 valence electrons. The molecule has 1 amide bonds. The van der Waals surface area contributed by atoms with Crippen LogP contribution < -0.4 is 14.4 Å². The summed E-state index contributed by atoms with van der Waals surface area (Å²) in [6.45, 7) is 10.2. The summed E-state index contributed by atoms with van der Waals surface area (Å²) in [7, 11) is 0. The van der Waals surface area contributed by atoms with Crippen LogP contribution in [0.15, 0.2) is 70.7 Å². The molecule has 0 bridgehead atoms. The molecular formula is C26H25N3O3S. The molecule has 3 aliphatic heterocycles. The SMILES string of the molecule is C=CCN1C(=O)/C(=C2\C=Cc3cc(C)ccc3N2CC)SC1=Nc1ccc2c(c1)OCCO2. The quantitative estimate of drug-likeness (QED) is 0.460. The van der Waals surface area contributed by atoms with Crippen molar-refractivity contribution in [2.75, 3.05) is 31.2 Å². The molecule has 7 heteroatoms. The maximum Gasteiger partial charge on any atom is 0.269 e. The van der Waals surface area contributed by atoms with Crippen LogP contribution in [-0.4, -0.2) is 42.3 Å². The molecule has 6 nitrogen and oxygen atoms in total. The van der Waals surface area contributed by atoms with Gasteiger partial charge in [-0.2, -0.15) is 0 Å². The highest BCUT2D eigenvalue weighted by Gasteiger charge is 2.36. The van der Waals surface area contributed by atoms with E-state index in [9.17, 15) is 4.79 Å². The molecule has 0 unspecified atom stereocenters. The summed E-state index contributed by atoms with van der Waals surface area (Å²) in [5.74, 6) is 1.32. The van der Waals surface area contributed by atoms with E-state index in [-0.39, 0.29) is 5.91 Å². The van der Waals surface area contributed by atoms with E-state index < -0.39 is 0 Å². The molecule has 5 rings (SSSR count). The zero-order valence-corrected chi connectivity index (χ0v) is 19.5. The molecular weight excluding hydrogens is 434 g/mol. The van der Waals surface area contributed by atoms with Crippen molar-refractivity contribution in [2.45, 2.75) is 13.8 Å². The topological polar surface area (TPSA) is 54.4 Å². The Morgan fingerprint density at radius 2 is 1.91 bits per heavy atom. The lowest BCUT2D eigenvalue weighted by Crippen LogP contribution is -2.31. The average Bonchev–Trinajstić information content (AvgIpc) is 3.13. The molecule has 1 fully saturated rings. The fourth-order valence-electron chi connectivity index (χ4n) is 4.13. The van der Waals surface area contributed by atoms with Crippen LogP contribution in [0.3, 0.4) is 0 Å². The van der Waals surface area contributed by atoms with E-state index in [0.29, 0.717) is 47.0 Å². The number of likely N-dealkylation sites (N-methyl/N-ethyl adjacent to an activating group) is 1. The first kappa shape index (κ1) is 21.4. The molecule has 0 spiro atoms. The van der Waals surface area contributed by atoms with Crippen molar-refractivity contribution in [3.8, 4) is 11.5 Å². The maximum atomic E-state index is 13.5. The normalized spacial score (nSPS) is 20.4. The first-order chi connectivity index (χ1) is 16.1. The molecule has 2 aromatic rings. The van der Waals surface area contributed by atoms with Gasteiger partial charge in [-0.15, -0.1) is 6.58 Å². The molecule has 33 heavy (non-hydrogen) atoms. The third kappa shape index (κ3) is 3.93. The highest BCUT2D eigenvalue weighted by molar-refractivity contribution is 8.18. The van der Waals surface area contributed by atoms with Gasteiger partial charge in [-0.1, -0.05) is 23.8 Å². The number of allylic oxidation sites excluding steroid dienone is 1. The number of aliphatic imine (C=N–C) groups is 1.